The number of nitrogens with one attached hydrogen (secondary N) is 3. The standard InChI is InChI=1S/C25H30ClN5O7S/c1-15-14-30(2)31(26)24(15)39(37,38)29-21(18(22(33)28-36)13-17-8-4-6-10-20(17)32)23(34)27-25(35)12-11-16-7-3-5-9-19(16)25/h3-10,18,21,29,32,35-36H,11-14H2,1-2H3,(H,27,34)(H,28,33)/t18-,21+,25-/m0/s1. The molecule has 1 aliphatic carbocycles. The maximum Gasteiger partial charge on any atom is 0.259 e. The van der Waals surface area contributed by atoms with E-state index in [2.05, 4.69) is 10.0 Å². The molecule has 2 amide bonds. The molecule has 0 saturated heterocycles. The van der Waals surface area contributed by atoms with Crippen molar-refractivity contribution >= 4 is 33.6 Å². The topological polar surface area (TPSA) is 172 Å². The predicted molar refractivity (Wildman–Crippen MR) is 141 cm³/mol. The summed E-state index contributed by atoms with van der Waals surface area (Å²) in [5.74, 6) is -3.85. The van der Waals surface area contributed by atoms with Gasteiger partial charge < -0.3 is 15.5 Å². The molecule has 39 heavy (non-hydrogen) atoms. The number of likely N-dealkylation sites (N-methyl/N-ethyl adjacent to an activating group) is 1. The smallest absolute Gasteiger partial charge is 0.259 e. The van der Waals surface area contributed by atoms with Crippen molar-refractivity contribution in [3.05, 3.63) is 75.8 Å². The van der Waals surface area contributed by atoms with Gasteiger partial charge in [-0.2, -0.15) is 4.72 Å². The van der Waals surface area contributed by atoms with Crippen molar-refractivity contribution in [1.82, 2.24) is 25.1 Å². The minimum atomic E-state index is -4.52. The van der Waals surface area contributed by atoms with Crippen molar-refractivity contribution in [2.75, 3.05) is 13.6 Å². The quantitative estimate of drug-likeness (QED) is 0.109. The number of para-hydroxylation sites is 1. The molecule has 210 valence electrons. The van der Waals surface area contributed by atoms with Crippen LogP contribution in [0.5, 0.6) is 5.75 Å². The third kappa shape index (κ3) is 5.73. The number of hydrogen-bond acceptors (Lipinski definition) is 9. The Morgan fingerprint density at radius 3 is 2.44 bits per heavy atom. The number of fused-ring (bicyclic) bond motifs is 1. The molecule has 2 aromatic rings. The predicted octanol–water partition coefficient (Wildman–Crippen LogP) is 0.800. The molecule has 0 spiro atoms. The van der Waals surface area contributed by atoms with E-state index in [1.807, 2.05) is 0 Å². The maximum atomic E-state index is 13.8. The molecule has 0 radical (unpaired) electrons. The number of hydrogen-bond donors (Lipinski definition) is 6. The van der Waals surface area contributed by atoms with Crippen LogP contribution in [0.15, 0.2) is 59.1 Å². The van der Waals surface area contributed by atoms with Crippen LogP contribution in [-0.2, 0) is 38.2 Å². The number of benzene rings is 2. The van der Waals surface area contributed by atoms with E-state index < -0.39 is 39.5 Å². The number of aryl methyl sites for hydroxylation is 1. The first-order chi connectivity index (χ1) is 18.4. The van der Waals surface area contributed by atoms with Gasteiger partial charge in [0.05, 0.1) is 5.92 Å². The lowest BCUT2D eigenvalue weighted by atomic mass is 9.90. The summed E-state index contributed by atoms with van der Waals surface area (Å²) < 4.78 is 30.3. The molecule has 0 saturated carbocycles. The molecule has 0 bridgehead atoms. The van der Waals surface area contributed by atoms with E-state index in [0.717, 1.165) is 10.1 Å². The minimum Gasteiger partial charge on any atom is -0.508 e. The Morgan fingerprint density at radius 2 is 1.79 bits per heavy atom. The number of hydrazine groups is 1. The van der Waals surface area contributed by atoms with Gasteiger partial charge in [-0.15, -0.1) is 0 Å². The van der Waals surface area contributed by atoms with Crippen LogP contribution in [0.4, 0.5) is 0 Å². The zero-order valence-corrected chi connectivity index (χ0v) is 22.8. The molecule has 6 N–H and O–H groups in total. The molecule has 0 fully saturated rings. The number of sulfonamides is 1. The monoisotopic (exact) mass is 579 g/mol. The third-order valence-corrected chi connectivity index (χ3v) is 9.07. The Bertz CT molecular complexity index is 1420. The zero-order valence-electron chi connectivity index (χ0n) is 21.3. The second-order valence-electron chi connectivity index (χ2n) is 9.68. The number of amides is 2. The van der Waals surface area contributed by atoms with Crippen LogP contribution >= 0.6 is 11.8 Å². The number of rotatable bonds is 9. The number of hydroxylamine groups is 1. The van der Waals surface area contributed by atoms with Gasteiger partial charge in [-0.25, -0.2) is 23.4 Å². The van der Waals surface area contributed by atoms with Gasteiger partial charge in [0.15, 0.2) is 10.8 Å². The molecule has 1 aliphatic heterocycles. The van der Waals surface area contributed by atoms with Gasteiger partial charge in [0, 0.05) is 37.4 Å². The van der Waals surface area contributed by atoms with Crippen molar-refractivity contribution in [3.63, 3.8) is 0 Å². The molecule has 4 rings (SSSR count). The summed E-state index contributed by atoms with van der Waals surface area (Å²) in [6.07, 6.45) is 0.247. The fourth-order valence-corrected chi connectivity index (χ4v) is 7.07. The first kappa shape index (κ1) is 28.8. The van der Waals surface area contributed by atoms with E-state index in [1.165, 1.54) is 22.6 Å². The van der Waals surface area contributed by atoms with Crippen LogP contribution in [0.25, 0.3) is 0 Å². The lowest BCUT2D eigenvalue weighted by Crippen LogP contribution is -2.59. The summed E-state index contributed by atoms with van der Waals surface area (Å²) in [7, 11) is -2.96. The van der Waals surface area contributed by atoms with Crippen LogP contribution in [-0.4, -0.2) is 64.8 Å². The van der Waals surface area contributed by atoms with E-state index in [1.54, 1.807) is 50.4 Å². The van der Waals surface area contributed by atoms with E-state index in [9.17, 15) is 33.4 Å². The number of nitrogens with zero attached hydrogens (tertiary/aromatic N) is 2. The van der Waals surface area contributed by atoms with Gasteiger partial charge in [0.25, 0.3) is 10.0 Å². The van der Waals surface area contributed by atoms with E-state index in [-0.39, 0.29) is 35.7 Å². The van der Waals surface area contributed by atoms with Gasteiger partial charge in [-0.3, -0.25) is 14.8 Å². The molecule has 2 aromatic carbocycles. The number of halogens is 1. The van der Waals surface area contributed by atoms with Crippen LogP contribution < -0.4 is 15.5 Å². The summed E-state index contributed by atoms with van der Waals surface area (Å²) in [6, 6.07) is 11.1. The number of phenols is 1. The fourth-order valence-electron chi connectivity index (χ4n) is 5.02. The lowest BCUT2D eigenvalue weighted by Gasteiger charge is -2.32. The first-order valence-corrected chi connectivity index (χ1v) is 13.9. The number of carbonyl (C=O) groups excluding carboxylic acids is 2. The van der Waals surface area contributed by atoms with Crippen molar-refractivity contribution in [3.8, 4) is 5.75 Å². The number of carbonyl (C=O) groups is 2. The maximum absolute atomic E-state index is 13.8. The molecule has 0 unspecified atom stereocenters. The van der Waals surface area contributed by atoms with E-state index >= 15 is 0 Å². The molecule has 12 nitrogen and oxygen atoms in total. The highest BCUT2D eigenvalue weighted by molar-refractivity contribution is 7.93. The third-order valence-electron chi connectivity index (χ3n) is 6.95. The van der Waals surface area contributed by atoms with Crippen molar-refractivity contribution in [2.45, 2.75) is 38.0 Å². The van der Waals surface area contributed by atoms with Crippen molar-refractivity contribution in [1.29, 1.82) is 0 Å². The molecular weight excluding hydrogens is 550 g/mol. The molecule has 14 heteroatoms. The van der Waals surface area contributed by atoms with Crippen molar-refractivity contribution in [2.24, 2.45) is 5.92 Å². The van der Waals surface area contributed by atoms with Crippen molar-refractivity contribution < 1.29 is 33.4 Å². The Morgan fingerprint density at radius 1 is 1.13 bits per heavy atom. The molecule has 0 aromatic heterocycles. The lowest BCUT2D eigenvalue weighted by molar-refractivity contribution is -0.141. The van der Waals surface area contributed by atoms with Crippen LogP contribution in [0.2, 0.25) is 0 Å². The second-order valence-corrected chi connectivity index (χ2v) is 11.6. The largest absolute Gasteiger partial charge is 0.508 e. The molecule has 3 atom stereocenters. The van der Waals surface area contributed by atoms with Gasteiger partial charge in [-0.05, 0) is 42.5 Å². The fraction of sp³-hybridized carbons (Fsp3) is 0.360. The summed E-state index contributed by atoms with van der Waals surface area (Å²) in [5, 5.41) is 34.8. The molecular formula is C25H30ClN5O7S. The Kier molecular flexibility index (Phi) is 8.21. The Hall–Kier alpha value is -3.20. The number of aromatic hydroxyl groups is 1. The highest BCUT2D eigenvalue weighted by atomic mass is 35.5. The van der Waals surface area contributed by atoms with Crippen LogP contribution in [0.1, 0.15) is 30.0 Å². The summed E-state index contributed by atoms with van der Waals surface area (Å²) in [6.45, 7) is 1.76. The Balaban J connectivity index is 1.75. The zero-order chi connectivity index (χ0) is 28.5. The van der Waals surface area contributed by atoms with Crippen LogP contribution in [0, 0.1) is 5.92 Å². The second kappa shape index (κ2) is 11.1. The molecule has 2 aliphatic rings. The van der Waals surface area contributed by atoms with E-state index in [4.69, 9.17) is 11.8 Å². The summed E-state index contributed by atoms with van der Waals surface area (Å²) in [4.78, 5) is 26.7. The average Bonchev–Trinajstić information content (AvgIpc) is 3.36. The average molecular weight is 580 g/mol. The number of phenolic OH excluding ortho intramolecular Hbond substituents is 1. The minimum absolute atomic E-state index is 0.123. The SMILES string of the molecule is CC1=C(S(=O)(=O)N[C@@H](C(=O)N[C@]2(O)CCc3ccccc32)[C@H](Cc2ccccc2O)C(=O)NO)N(Cl)N(C)C1. The number of aliphatic hydroxyl groups is 1. The van der Waals surface area contributed by atoms with Gasteiger partial charge in [0.1, 0.15) is 11.8 Å². The van der Waals surface area contributed by atoms with Gasteiger partial charge >= 0.3 is 0 Å². The first-order valence-electron chi connectivity index (χ1n) is 12.1. The molecule has 1 heterocycles. The summed E-state index contributed by atoms with van der Waals surface area (Å²) >= 11 is 6.20. The highest BCUT2D eigenvalue weighted by Crippen LogP contribution is 2.35. The Labute approximate surface area is 231 Å². The van der Waals surface area contributed by atoms with E-state index in [0.29, 0.717) is 17.6 Å². The highest BCUT2D eigenvalue weighted by Gasteiger charge is 2.45. The van der Waals surface area contributed by atoms with Gasteiger partial charge in [0.2, 0.25) is 11.8 Å². The van der Waals surface area contributed by atoms with Gasteiger partial charge in [-0.1, -0.05) is 42.5 Å². The van der Waals surface area contributed by atoms with Crippen LogP contribution in [0.3, 0.4) is 0 Å². The normalized spacial score (nSPS) is 21.0. The summed E-state index contributed by atoms with van der Waals surface area (Å²) in [5.41, 5.74) is 1.52.